The van der Waals surface area contributed by atoms with Gasteiger partial charge in [0.05, 0.1) is 31.3 Å². The van der Waals surface area contributed by atoms with Crippen molar-refractivity contribution in [3.05, 3.63) is 52.6 Å². The van der Waals surface area contributed by atoms with Crippen LogP contribution in [0.15, 0.2) is 25.9 Å². The van der Waals surface area contributed by atoms with Gasteiger partial charge < -0.3 is 5.73 Å². The van der Waals surface area contributed by atoms with E-state index in [9.17, 15) is 14.4 Å². The van der Waals surface area contributed by atoms with Gasteiger partial charge >= 0.3 is 0 Å². The first-order chi connectivity index (χ1) is 10.7. The Labute approximate surface area is 155 Å². The third-order valence-electron chi connectivity index (χ3n) is 3.27. The molecule has 0 spiro atoms. The van der Waals surface area contributed by atoms with Crippen molar-refractivity contribution in [2.45, 2.75) is 0 Å². The SMILES string of the molecule is Nc1c2c(cc(=O)n1-c1c(Cl)cc(Br)c(Cl)c1Br)C(=O)NC2=O. The van der Waals surface area contributed by atoms with Gasteiger partial charge in [-0.3, -0.25) is 24.3 Å². The maximum atomic E-state index is 12.4. The number of benzene rings is 1. The minimum Gasteiger partial charge on any atom is -0.384 e. The summed E-state index contributed by atoms with van der Waals surface area (Å²) in [6, 6.07) is 2.53. The molecule has 0 unspecified atom stereocenters. The molecule has 3 N–H and O–H groups in total. The van der Waals surface area contributed by atoms with E-state index < -0.39 is 17.4 Å². The number of imide groups is 1. The number of nitrogens with zero attached hydrogens (tertiary/aromatic N) is 1. The van der Waals surface area contributed by atoms with E-state index in [4.69, 9.17) is 28.9 Å². The molecule has 0 saturated heterocycles. The molecule has 0 saturated carbocycles. The molecular weight excluding hydrogens is 477 g/mol. The number of carbonyl (C=O) groups excluding carboxylic acids is 2. The Kier molecular flexibility index (Phi) is 4.04. The fourth-order valence-electron chi connectivity index (χ4n) is 2.27. The standard InChI is InChI=1S/C13H5Br2Cl2N3O3/c14-4-2-5(16)10(8(15)9(4)17)20-6(21)1-3-7(11(20)18)13(23)19-12(3)22/h1-2H,18H2,(H,19,22,23). The second-order valence-corrected chi connectivity index (χ2v) is 7.02. The van der Waals surface area contributed by atoms with Crippen molar-refractivity contribution in [1.82, 2.24) is 9.88 Å². The lowest BCUT2D eigenvalue weighted by atomic mass is 10.1. The molecule has 2 aromatic rings. The highest BCUT2D eigenvalue weighted by Crippen LogP contribution is 2.40. The zero-order chi connectivity index (χ0) is 17.0. The van der Waals surface area contributed by atoms with Crippen molar-refractivity contribution < 1.29 is 9.59 Å². The van der Waals surface area contributed by atoms with Crippen LogP contribution in [-0.4, -0.2) is 16.4 Å². The zero-order valence-corrected chi connectivity index (χ0v) is 15.6. The van der Waals surface area contributed by atoms with Crippen molar-refractivity contribution in [2.24, 2.45) is 0 Å². The molecule has 118 valence electrons. The minimum atomic E-state index is -0.674. The Morgan fingerprint density at radius 2 is 1.74 bits per heavy atom. The molecule has 10 heteroatoms. The number of fused-ring (bicyclic) bond motifs is 1. The summed E-state index contributed by atoms with van der Waals surface area (Å²) in [5.41, 5.74) is 5.38. The predicted molar refractivity (Wildman–Crippen MR) is 93.7 cm³/mol. The Morgan fingerprint density at radius 3 is 2.39 bits per heavy atom. The van der Waals surface area contributed by atoms with E-state index in [0.29, 0.717) is 8.95 Å². The summed E-state index contributed by atoms with van der Waals surface area (Å²) in [6.45, 7) is 0. The molecule has 1 aliphatic heterocycles. The number of nitrogen functional groups attached to an aromatic ring is 1. The molecule has 0 radical (unpaired) electrons. The summed E-state index contributed by atoms with van der Waals surface area (Å²) in [6.07, 6.45) is 0. The summed E-state index contributed by atoms with van der Waals surface area (Å²) < 4.78 is 1.86. The average Bonchev–Trinajstić information content (AvgIpc) is 2.74. The monoisotopic (exact) mass is 479 g/mol. The van der Waals surface area contributed by atoms with Crippen molar-refractivity contribution in [3.8, 4) is 5.69 Å². The lowest BCUT2D eigenvalue weighted by Gasteiger charge is -2.16. The highest BCUT2D eigenvalue weighted by atomic mass is 79.9. The third kappa shape index (κ3) is 2.40. The number of carbonyl (C=O) groups is 2. The zero-order valence-electron chi connectivity index (χ0n) is 10.9. The summed E-state index contributed by atoms with van der Waals surface area (Å²) >= 11 is 18.8. The van der Waals surface area contributed by atoms with E-state index in [1.165, 1.54) is 6.07 Å². The van der Waals surface area contributed by atoms with Crippen molar-refractivity contribution in [1.29, 1.82) is 0 Å². The molecule has 23 heavy (non-hydrogen) atoms. The van der Waals surface area contributed by atoms with Crippen LogP contribution in [0, 0.1) is 0 Å². The van der Waals surface area contributed by atoms with Crippen molar-refractivity contribution in [3.63, 3.8) is 0 Å². The summed E-state index contributed by atoms with van der Waals surface area (Å²) in [5.74, 6) is -1.54. The van der Waals surface area contributed by atoms with Crippen LogP contribution in [-0.2, 0) is 0 Å². The number of pyridine rings is 1. The number of nitrogens with two attached hydrogens (primary N) is 1. The van der Waals surface area contributed by atoms with E-state index in [1.807, 2.05) is 0 Å². The number of amides is 2. The molecule has 2 amide bonds. The molecule has 3 rings (SSSR count). The number of anilines is 1. The van der Waals surface area contributed by atoms with E-state index >= 15 is 0 Å². The van der Waals surface area contributed by atoms with E-state index in [1.54, 1.807) is 0 Å². The largest absolute Gasteiger partial charge is 0.384 e. The van der Waals surface area contributed by atoms with Crippen molar-refractivity contribution >= 4 is 72.7 Å². The number of hydrogen-bond donors (Lipinski definition) is 2. The first-order valence-electron chi connectivity index (χ1n) is 5.98. The van der Waals surface area contributed by atoms with Gasteiger partial charge in [0.15, 0.2) is 0 Å². The van der Waals surface area contributed by atoms with Crippen LogP contribution in [0.1, 0.15) is 20.7 Å². The van der Waals surface area contributed by atoms with Gasteiger partial charge in [-0.25, -0.2) is 0 Å². The Bertz CT molecular complexity index is 972. The quantitative estimate of drug-likeness (QED) is 0.372. The number of hydrogen-bond acceptors (Lipinski definition) is 4. The molecule has 0 atom stereocenters. The van der Waals surface area contributed by atoms with Gasteiger partial charge in [-0.2, -0.15) is 0 Å². The normalized spacial score (nSPS) is 13.2. The van der Waals surface area contributed by atoms with Crippen LogP contribution in [0.5, 0.6) is 0 Å². The maximum absolute atomic E-state index is 12.4. The minimum absolute atomic E-state index is 0.0656. The summed E-state index contributed by atoms with van der Waals surface area (Å²) in [4.78, 5) is 35.9. The number of nitrogens with one attached hydrogen (secondary N) is 1. The summed E-state index contributed by atoms with van der Waals surface area (Å²) in [5, 5.41) is 2.54. The maximum Gasteiger partial charge on any atom is 0.262 e. The molecule has 1 aromatic heterocycles. The van der Waals surface area contributed by atoms with Gasteiger partial charge in [0.25, 0.3) is 17.4 Å². The van der Waals surface area contributed by atoms with Gasteiger partial charge in [0.1, 0.15) is 5.82 Å². The second kappa shape index (κ2) is 5.62. The van der Waals surface area contributed by atoms with Crippen LogP contribution in [0.2, 0.25) is 10.0 Å². The smallest absolute Gasteiger partial charge is 0.262 e. The first kappa shape index (κ1) is 16.5. The number of aromatic nitrogens is 1. The predicted octanol–water partition coefficient (Wildman–Crippen LogP) is 3.14. The highest BCUT2D eigenvalue weighted by molar-refractivity contribution is 9.11. The molecule has 2 heterocycles. The van der Waals surface area contributed by atoms with E-state index in [0.717, 1.165) is 10.6 Å². The van der Waals surface area contributed by atoms with Crippen LogP contribution in [0.4, 0.5) is 5.82 Å². The van der Waals surface area contributed by atoms with Crippen LogP contribution >= 0.6 is 55.1 Å². The lowest BCUT2D eigenvalue weighted by molar-refractivity contribution is 0.0880. The molecule has 0 fully saturated rings. The Morgan fingerprint density at radius 1 is 1.09 bits per heavy atom. The molecule has 0 aliphatic carbocycles. The fraction of sp³-hybridized carbons (Fsp3) is 0. The fourth-order valence-corrected chi connectivity index (χ4v) is 4.25. The van der Waals surface area contributed by atoms with Gasteiger partial charge in [-0.05, 0) is 37.9 Å². The van der Waals surface area contributed by atoms with E-state index in [2.05, 4.69) is 37.2 Å². The van der Waals surface area contributed by atoms with Gasteiger partial charge in [0, 0.05) is 10.5 Å². The topological polar surface area (TPSA) is 94.2 Å². The van der Waals surface area contributed by atoms with Crippen LogP contribution in [0.25, 0.3) is 5.69 Å². The lowest BCUT2D eigenvalue weighted by Crippen LogP contribution is -2.24. The first-order valence-corrected chi connectivity index (χ1v) is 8.32. The van der Waals surface area contributed by atoms with Gasteiger partial charge in [-0.15, -0.1) is 0 Å². The van der Waals surface area contributed by atoms with Crippen molar-refractivity contribution in [2.75, 3.05) is 5.73 Å². The summed E-state index contributed by atoms with van der Waals surface area (Å²) in [7, 11) is 0. The molecule has 1 aromatic carbocycles. The molecule has 6 nitrogen and oxygen atoms in total. The highest BCUT2D eigenvalue weighted by Gasteiger charge is 2.32. The molecular formula is C13H5Br2Cl2N3O3. The Hall–Kier alpha value is -1.35. The molecule has 0 bridgehead atoms. The molecule has 1 aliphatic rings. The van der Waals surface area contributed by atoms with Gasteiger partial charge in [0.2, 0.25) is 0 Å². The van der Waals surface area contributed by atoms with Crippen LogP contribution < -0.4 is 16.6 Å². The number of rotatable bonds is 1. The number of halogens is 4. The Balaban J connectivity index is 2.43. The third-order valence-corrected chi connectivity index (χ3v) is 5.80. The average molecular weight is 482 g/mol. The van der Waals surface area contributed by atoms with Crippen LogP contribution in [0.3, 0.4) is 0 Å². The second-order valence-electron chi connectivity index (χ2n) is 4.59. The van der Waals surface area contributed by atoms with E-state index in [-0.39, 0.29) is 32.7 Å². The van der Waals surface area contributed by atoms with Gasteiger partial charge in [-0.1, -0.05) is 23.2 Å².